The SMILES string of the molecule is C=CNc1[nH]ncc1C=NC=O. The van der Waals surface area contributed by atoms with Crippen LogP contribution in [0, 0.1) is 0 Å². The van der Waals surface area contributed by atoms with E-state index in [1.807, 2.05) is 0 Å². The maximum absolute atomic E-state index is 9.90. The van der Waals surface area contributed by atoms with E-state index >= 15 is 0 Å². The van der Waals surface area contributed by atoms with Crippen LogP contribution < -0.4 is 5.32 Å². The van der Waals surface area contributed by atoms with Gasteiger partial charge in [0, 0.05) is 6.21 Å². The number of carbonyl (C=O) groups excluding carboxylic acids is 1. The molecule has 0 atom stereocenters. The highest BCUT2D eigenvalue weighted by Gasteiger charge is 1.98. The van der Waals surface area contributed by atoms with Gasteiger partial charge in [-0.25, -0.2) is 4.99 Å². The number of carbonyl (C=O) groups is 1. The smallest absolute Gasteiger partial charge is 0.232 e. The molecule has 0 saturated heterocycles. The van der Waals surface area contributed by atoms with Crippen LogP contribution in [0.2, 0.25) is 0 Å². The minimum atomic E-state index is 0.463. The second-order valence-corrected chi connectivity index (χ2v) is 1.93. The molecule has 0 aliphatic carbocycles. The van der Waals surface area contributed by atoms with Gasteiger partial charge in [-0.05, 0) is 6.20 Å². The molecule has 12 heavy (non-hydrogen) atoms. The van der Waals surface area contributed by atoms with Gasteiger partial charge in [-0.3, -0.25) is 9.89 Å². The number of aromatic amines is 1. The summed E-state index contributed by atoms with van der Waals surface area (Å²) in [5.74, 6) is 0.663. The molecule has 62 valence electrons. The summed E-state index contributed by atoms with van der Waals surface area (Å²) in [6, 6.07) is 0. The number of anilines is 1. The molecule has 0 bridgehead atoms. The van der Waals surface area contributed by atoms with Gasteiger partial charge in [-0.2, -0.15) is 5.10 Å². The van der Waals surface area contributed by atoms with E-state index < -0.39 is 0 Å². The number of hydrogen-bond acceptors (Lipinski definition) is 3. The average Bonchev–Trinajstić information content (AvgIpc) is 2.50. The Morgan fingerprint density at radius 2 is 2.58 bits per heavy atom. The fraction of sp³-hybridized carbons (Fsp3) is 0. The van der Waals surface area contributed by atoms with Crippen LogP contribution in [0.1, 0.15) is 5.56 Å². The molecule has 1 rings (SSSR count). The molecule has 5 heteroatoms. The van der Waals surface area contributed by atoms with Crippen LogP contribution in [0.3, 0.4) is 0 Å². The third kappa shape index (κ3) is 1.79. The van der Waals surface area contributed by atoms with Gasteiger partial charge in [0.05, 0.1) is 11.8 Å². The molecule has 1 aromatic heterocycles. The Balaban J connectivity index is 2.82. The summed E-state index contributed by atoms with van der Waals surface area (Å²) in [6.45, 7) is 3.48. The van der Waals surface area contributed by atoms with Gasteiger partial charge < -0.3 is 5.32 Å². The maximum Gasteiger partial charge on any atom is 0.232 e. The van der Waals surface area contributed by atoms with E-state index in [9.17, 15) is 4.79 Å². The Morgan fingerprint density at radius 1 is 1.75 bits per heavy atom. The lowest BCUT2D eigenvalue weighted by atomic mass is 10.3. The van der Waals surface area contributed by atoms with E-state index in [0.29, 0.717) is 17.8 Å². The molecule has 2 N–H and O–H groups in total. The van der Waals surface area contributed by atoms with Crippen molar-refractivity contribution in [1.82, 2.24) is 10.2 Å². The largest absolute Gasteiger partial charge is 0.347 e. The zero-order valence-electron chi connectivity index (χ0n) is 6.32. The van der Waals surface area contributed by atoms with E-state index in [2.05, 4.69) is 27.1 Å². The average molecular weight is 164 g/mol. The number of nitrogens with one attached hydrogen (secondary N) is 2. The van der Waals surface area contributed by atoms with Crippen LogP contribution in [0.4, 0.5) is 5.82 Å². The predicted octanol–water partition coefficient (Wildman–Crippen LogP) is 0.540. The van der Waals surface area contributed by atoms with Gasteiger partial charge in [0.15, 0.2) is 0 Å². The third-order valence-corrected chi connectivity index (χ3v) is 1.19. The number of hydrogen-bond donors (Lipinski definition) is 2. The van der Waals surface area contributed by atoms with Crippen LogP contribution in [0.25, 0.3) is 0 Å². The molecule has 5 nitrogen and oxygen atoms in total. The first kappa shape index (κ1) is 8.19. The van der Waals surface area contributed by atoms with Crippen LogP contribution in [0.15, 0.2) is 24.0 Å². The molecule has 0 aromatic carbocycles. The lowest BCUT2D eigenvalue weighted by Gasteiger charge is -1.94. The van der Waals surface area contributed by atoms with E-state index in [-0.39, 0.29) is 0 Å². The van der Waals surface area contributed by atoms with Gasteiger partial charge in [0.25, 0.3) is 0 Å². The summed E-state index contributed by atoms with van der Waals surface area (Å²) < 4.78 is 0. The van der Waals surface area contributed by atoms with Crippen molar-refractivity contribution in [3.05, 3.63) is 24.5 Å². The van der Waals surface area contributed by atoms with Gasteiger partial charge in [0.1, 0.15) is 5.82 Å². The standard InChI is InChI=1S/C7H8N4O/c1-2-9-7-6(3-8-5-12)4-10-11-7/h2-5H,1H2,(H2,9,10,11). The summed E-state index contributed by atoms with van der Waals surface area (Å²) in [6.07, 6.45) is 4.93. The van der Waals surface area contributed by atoms with Crippen molar-refractivity contribution >= 4 is 18.4 Å². The topological polar surface area (TPSA) is 70.1 Å². The molecular formula is C7H8N4O. The summed E-state index contributed by atoms with van der Waals surface area (Å²) >= 11 is 0. The zero-order chi connectivity index (χ0) is 8.81. The van der Waals surface area contributed by atoms with Crippen molar-refractivity contribution in [2.45, 2.75) is 0 Å². The minimum Gasteiger partial charge on any atom is -0.347 e. The Kier molecular flexibility index (Phi) is 2.78. The highest BCUT2D eigenvalue weighted by Crippen LogP contribution is 2.06. The Hall–Kier alpha value is -1.91. The fourth-order valence-corrected chi connectivity index (χ4v) is 0.722. The van der Waals surface area contributed by atoms with Crippen molar-refractivity contribution in [3.63, 3.8) is 0 Å². The Bertz CT molecular complexity index is 302. The van der Waals surface area contributed by atoms with Crippen LogP contribution in [-0.4, -0.2) is 22.8 Å². The van der Waals surface area contributed by atoms with Crippen molar-refractivity contribution in [2.75, 3.05) is 5.32 Å². The quantitative estimate of drug-likeness (QED) is 0.504. The summed E-state index contributed by atoms with van der Waals surface area (Å²) in [7, 11) is 0. The van der Waals surface area contributed by atoms with Crippen LogP contribution in [-0.2, 0) is 4.79 Å². The molecule has 0 aliphatic rings. The second-order valence-electron chi connectivity index (χ2n) is 1.93. The van der Waals surface area contributed by atoms with E-state index in [4.69, 9.17) is 0 Å². The summed E-state index contributed by atoms with van der Waals surface area (Å²) in [4.78, 5) is 13.3. The van der Waals surface area contributed by atoms with E-state index in [1.165, 1.54) is 12.4 Å². The molecule has 0 saturated carbocycles. The number of rotatable bonds is 4. The fourth-order valence-electron chi connectivity index (χ4n) is 0.722. The van der Waals surface area contributed by atoms with Gasteiger partial charge in [-0.15, -0.1) is 0 Å². The van der Waals surface area contributed by atoms with Crippen molar-refractivity contribution < 1.29 is 4.79 Å². The maximum atomic E-state index is 9.90. The Labute approximate surface area is 69.2 Å². The molecule has 0 spiro atoms. The molecule has 0 unspecified atom stereocenters. The molecule has 0 radical (unpaired) electrons. The normalized spacial score (nSPS) is 10.0. The van der Waals surface area contributed by atoms with E-state index in [1.54, 1.807) is 6.20 Å². The Morgan fingerprint density at radius 3 is 3.25 bits per heavy atom. The molecular weight excluding hydrogens is 156 g/mol. The molecule has 1 heterocycles. The lowest BCUT2D eigenvalue weighted by Crippen LogP contribution is -1.90. The number of aliphatic imine (C=N–C) groups is 1. The lowest BCUT2D eigenvalue weighted by molar-refractivity contribution is -0.106. The summed E-state index contributed by atoms with van der Waals surface area (Å²) in [5, 5.41) is 9.23. The van der Waals surface area contributed by atoms with Crippen molar-refractivity contribution in [3.8, 4) is 0 Å². The molecule has 1 aromatic rings. The van der Waals surface area contributed by atoms with Gasteiger partial charge in [0.2, 0.25) is 6.41 Å². The first-order valence-electron chi connectivity index (χ1n) is 3.26. The molecule has 1 amide bonds. The van der Waals surface area contributed by atoms with Crippen molar-refractivity contribution in [2.24, 2.45) is 4.99 Å². The number of aromatic nitrogens is 2. The first-order valence-corrected chi connectivity index (χ1v) is 3.26. The molecule has 0 aliphatic heterocycles. The van der Waals surface area contributed by atoms with Crippen LogP contribution >= 0.6 is 0 Å². The number of nitrogens with zero attached hydrogens (tertiary/aromatic N) is 2. The first-order chi connectivity index (χ1) is 5.88. The zero-order valence-corrected chi connectivity index (χ0v) is 6.32. The minimum absolute atomic E-state index is 0.463. The second kappa shape index (κ2) is 4.07. The third-order valence-electron chi connectivity index (χ3n) is 1.19. The van der Waals surface area contributed by atoms with E-state index in [0.717, 1.165) is 0 Å². The monoisotopic (exact) mass is 164 g/mol. The highest BCUT2D eigenvalue weighted by molar-refractivity contribution is 5.89. The van der Waals surface area contributed by atoms with Gasteiger partial charge >= 0.3 is 0 Å². The predicted molar refractivity (Wildman–Crippen MR) is 46.1 cm³/mol. The van der Waals surface area contributed by atoms with Crippen LogP contribution in [0.5, 0.6) is 0 Å². The summed E-state index contributed by atoms with van der Waals surface area (Å²) in [5.41, 5.74) is 0.710. The van der Waals surface area contributed by atoms with Crippen molar-refractivity contribution in [1.29, 1.82) is 0 Å². The number of amides is 1. The molecule has 0 fully saturated rings. The highest BCUT2D eigenvalue weighted by atomic mass is 16.1. The van der Waals surface area contributed by atoms with Gasteiger partial charge in [-0.1, -0.05) is 6.58 Å². The number of H-pyrrole nitrogens is 1.